The number of carbonyl (C=O) groups is 1. The molecule has 0 bridgehead atoms. The van der Waals surface area contributed by atoms with Gasteiger partial charge in [-0.25, -0.2) is 14.6 Å². The number of amides is 1. The molecule has 0 saturated carbocycles. The number of carbonyl (C=O) groups excluding carboxylic acids is 1. The lowest BCUT2D eigenvalue weighted by Gasteiger charge is -2.16. The van der Waals surface area contributed by atoms with E-state index in [1.165, 1.54) is 29.2 Å². The Bertz CT molecular complexity index is 1010. The fourth-order valence-electron chi connectivity index (χ4n) is 3.19. The summed E-state index contributed by atoms with van der Waals surface area (Å²) in [5.74, 6) is -0.577. The molecule has 1 aromatic carbocycles. The minimum atomic E-state index is -4.62. The van der Waals surface area contributed by atoms with Crippen molar-refractivity contribution in [2.45, 2.75) is 19.0 Å². The van der Waals surface area contributed by atoms with Crippen molar-refractivity contribution in [2.75, 3.05) is 23.3 Å². The maximum Gasteiger partial charge on any atom is 0.417 e. The van der Waals surface area contributed by atoms with E-state index in [-0.39, 0.29) is 5.69 Å². The minimum absolute atomic E-state index is 0.235. The largest absolute Gasteiger partial charge is 0.417 e. The van der Waals surface area contributed by atoms with E-state index in [1.807, 2.05) is 0 Å². The summed E-state index contributed by atoms with van der Waals surface area (Å²) in [4.78, 5) is 23.1. The van der Waals surface area contributed by atoms with Crippen molar-refractivity contribution < 1.29 is 18.0 Å². The van der Waals surface area contributed by atoms with Crippen LogP contribution >= 0.6 is 0 Å². The van der Waals surface area contributed by atoms with Crippen LogP contribution in [-0.4, -0.2) is 38.7 Å². The van der Waals surface area contributed by atoms with Gasteiger partial charge in [-0.3, -0.25) is 4.79 Å². The summed E-state index contributed by atoms with van der Waals surface area (Å²) in [5, 5.41) is 6.50. The van der Waals surface area contributed by atoms with Gasteiger partial charge in [0.05, 0.1) is 47.3 Å². The quantitative estimate of drug-likeness (QED) is 0.723. The molecule has 1 aliphatic heterocycles. The lowest BCUT2D eigenvalue weighted by atomic mass is 10.1. The van der Waals surface area contributed by atoms with Gasteiger partial charge in [0.25, 0.3) is 11.9 Å². The van der Waals surface area contributed by atoms with Gasteiger partial charge in [0.1, 0.15) is 0 Å². The average molecular weight is 402 g/mol. The number of nitrogens with one attached hydrogen (secondary N) is 1. The predicted octanol–water partition coefficient (Wildman–Crippen LogP) is 3.53. The van der Waals surface area contributed by atoms with Gasteiger partial charge < -0.3 is 10.2 Å². The van der Waals surface area contributed by atoms with Crippen LogP contribution in [0.25, 0.3) is 5.95 Å². The molecule has 0 spiro atoms. The molecule has 1 amide bonds. The molecule has 10 heteroatoms. The molecule has 1 fully saturated rings. The number of benzene rings is 1. The summed E-state index contributed by atoms with van der Waals surface area (Å²) in [6.45, 7) is 1.94. The molecule has 2 aromatic heterocycles. The zero-order valence-electron chi connectivity index (χ0n) is 15.2. The van der Waals surface area contributed by atoms with Crippen molar-refractivity contribution in [3.05, 3.63) is 60.2 Å². The molecular formula is C19H17F3N6O. The highest BCUT2D eigenvalue weighted by atomic mass is 19.4. The number of nitrogens with zero attached hydrogens (tertiary/aromatic N) is 5. The summed E-state index contributed by atoms with van der Waals surface area (Å²) >= 11 is 0. The zero-order valence-corrected chi connectivity index (χ0v) is 15.2. The van der Waals surface area contributed by atoms with E-state index in [2.05, 4.69) is 25.3 Å². The molecule has 3 heterocycles. The van der Waals surface area contributed by atoms with Crippen molar-refractivity contribution in [3.63, 3.8) is 0 Å². The molecule has 7 nitrogen and oxygen atoms in total. The second kappa shape index (κ2) is 7.53. The molecule has 1 N–H and O–H groups in total. The van der Waals surface area contributed by atoms with Crippen LogP contribution in [0.15, 0.2) is 49.1 Å². The first kappa shape index (κ1) is 18.9. The van der Waals surface area contributed by atoms with Gasteiger partial charge in [-0.15, -0.1) is 0 Å². The molecule has 29 heavy (non-hydrogen) atoms. The molecule has 1 aliphatic rings. The van der Waals surface area contributed by atoms with Crippen LogP contribution in [-0.2, 0) is 6.18 Å². The predicted molar refractivity (Wildman–Crippen MR) is 100.0 cm³/mol. The van der Waals surface area contributed by atoms with Gasteiger partial charge in [0, 0.05) is 13.1 Å². The highest BCUT2D eigenvalue weighted by molar-refractivity contribution is 6.05. The number of alkyl halides is 3. The Labute approximate surface area is 164 Å². The Kier molecular flexibility index (Phi) is 4.91. The number of hydrogen-bond donors (Lipinski definition) is 1. The molecule has 0 atom stereocenters. The summed E-state index contributed by atoms with van der Waals surface area (Å²) in [6, 6.07) is 4.61. The van der Waals surface area contributed by atoms with E-state index in [4.69, 9.17) is 0 Å². The molecule has 3 aromatic rings. The average Bonchev–Trinajstić information content (AvgIpc) is 3.40. The third-order valence-corrected chi connectivity index (χ3v) is 4.62. The van der Waals surface area contributed by atoms with E-state index in [0.29, 0.717) is 5.95 Å². The van der Waals surface area contributed by atoms with Crippen molar-refractivity contribution in [1.29, 1.82) is 0 Å². The van der Waals surface area contributed by atoms with Crippen LogP contribution in [0.3, 0.4) is 0 Å². The Morgan fingerprint density at radius 2 is 1.72 bits per heavy atom. The highest BCUT2D eigenvalue weighted by Gasteiger charge is 2.34. The first-order chi connectivity index (χ1) is 13.9. The van der Waals surface area contributed by atoms with Crippen LogP contribution in [0.1, 0.15) is 28.8 Å². The summed E-state index contributed by atoms with van der Waals surface area (Å²) in [5.41, 5.74) is -0.292. The first-order valence-electron chi connectivity index (χ1n) is 9.01. The van der Waals surface area contributed by atoms with Crippen molar-refractivity contribution in [1.82, 2.24) is 19.7 Å². The van der Waals surface area contributed by atoms with Gasteiger partial charge in [-0.05, 0) is 25.0 Å². The van der Waals surface area contributed by atoms with Crippen LogP contribution in [0, 0.1) is 0 Å². The smallest absolute Gasteiger partial charge is 0.369 e. The monoisotopic (exact) mass is 402 g/mol. The third kappa shape index (κ3) is 4.05. The van der Waals surface area contributed by atoms with Gasteiger partial charge in [0.15, 0.2) is 0 Å². The molecule has 1 saturated heterocycles. The van der Waals surface area contributed by atoms with Crippen molar-refractivity contribution in [2.24, 2.45) is 0 Å². The van der Waals surface area contributed by atoms with Gasteiger partial charge >= 0.3 is 6.18 Å². The second-order valence-electron chi connectivity index (χ2n) is 6.61. The Morgan fingerprint density at radius 3 is 2.41 bits per heavy atom. The van der Waals surface area contributed by atoms with E-state index in [0.717, 1.165) is 43.8 Å². The highest BCUT2D eigenvalue weighted by Crippen LogP contribution is 2.32. The molecule has 0 aliphatic carbocycles. The van der Waals surface area contributed by atoms with Gasteiger partial charge in [-0.2, -0.15) is 18.3 Å². The lowest BCUT2D eigenvalue weighted by molar-refractivity contribution is -0.137. The Hall–Kier alpha value is -3.43. The lowest BCUT2D eigenvalue weighted by Crippen LogP contribution is -2.18. The van der Waals surface area contributed by atoms with Crippen LogP contribution in [0.2, 0.25) is 0 Å². The molecule has 150 valence electrons. The summed E-state index contributed by atoms with van der Waals surface area (Å²) in [7, 11) is 0. The fourth-order valence-corrected chi connectivity index (χ4v) is 3.19. The Morgan fingerprint density at radius 1 is 1.03 bits per heavy atom. The van der Waals surface area contributed by atoms with E-state index < -0.39 is 23.2 Å². The minimum Gasteiger partial charge on any atom is -0.369 e. The maximum absolute atomic E-state index is 13.1. The molecule has 4 rings (SSSR count). The Balaban J connectivity index is 1.49. The number of anilines is 2. The normalized spacial score (nSPS) is 14.2. The molecule has 0 radical (unpaired) electrons. The first-order valence-corrected chi connectivity index (χ1v) is 9.01. The van der Waals surface area contributed by atoms with Gasteiger partial charge in [0.2, 0.25) is 0 Å². The molecule has 0 unspecified atom stereocenters. The summed E-state index contributed by atoms with van der Waals surface area (Å²) < 4.78 is 40.6. The third-order valence-electron chi connectivity index (χ3n) is 4.62. The maximum atomic E-state index is 13.1. The van der Waals surface area contributed by atoms with E-state index >= 15 is 0 Å². The SMILES string of the molecule is O=C(Nc1cnn(-c2ncc(N3CCCC3)cn2)c1)c1ccccc1C(F)(F)F. The number of hydrogen-bond acceptors (Lipinski definition) is 5. The molecular weight excluding hydrogens is 385 g/mol. The number of rotatable bonds is 4. The standard InChI is InChI=1S/C19H17F3N6O/c20-19(21,22)16-6-2-1-5-15(16)17(29)26-13-9-25-28(12-13)18-23-10-14(11-24-18)27-7-3-4-8-27/h1-2,5-6,9-12H,3-4,7-8H2,(H,26,29). The van der Waals surface area contributed by atoms with E-state index in [9.17, 15) is 18.0 Å². The van der Waals surface area contributed by atoms with E-state index in [1.54, 1.807) is 12.4 Å². The summed E-state index contributed by atoms with van der Waals surface area (Å²) in [6.07, 6.45) is 3.83. The number of aromatic nitrogens is 4. The zero-order chi connectivity index (χ0) is 20.4. The van der Waals surface area contributed by atoms with Crippen molar-refractivity contribution >= 4 is 17.3 Å². The van der Waals surface area contributed by atoms with Crippen molar-refractivity contribution in [3.8, 4) is 5.95 Å². The number of halogens is 3. The van der Waals surface area contributed by atoms with Gasteiger partial charge in [-0.1, -0.05) is 12.1 Å². The fraction of sp³-hybridized carbons (Fsp3) is 0.263. The van der Waals surface area contributed by atoms with Crippen LogP contribution in [0.5, 0.6) is 0 Å². The van der Waals surface area contributed by atoms with Crippen LogP contribution < -0.4 is 10.2 Å². The second-order valence-corrected chi connectivity index (χ2v) is 6.61. The topological polar surface area (TPSA) is 75.9 Å². The van der Waals surface area contributed by atoms with Crippen LogP contribution in [0.4, 0.5) is 24.5 Å².